The lowest BCUT2D eigenvalue weighted by molar-refractivity contribution is 0.00525. The summed E-state index contributed by atoms with van der Waals surface area (Å²) < 4.78 is 20.3. The summed E-state index contributed by atoms with van der Waals surface area (Å²) in [4.78, 5) is 0. The van der Waals surface area contributed by atoms with Crippen molar-refractivity contribution in [1.82, 2.24) is 5.32 Å². The van der Waals surface area contributed by atoms with Crippen LogP contribution in [0.1, 0.15) is 44.6 Å². The second kappa shape index (κ2) is 8.86. The predicted octanol–water partition coefficient (Wildman–Crippen LogP) is 4.46. The molecular weight excluding hydrogens is 333 g/mol. The molecule has 1 aliphatic rings. The minimum atomic E-state index is -0.170. The molecule has 1 aromatic rings. The summed E-state index contributed by atoms with van der Waals surface area (Å²) in [6.45, 7) is 4.04. The van der Waals surface area contributed by atoms with Crippen LogP contribution in [0.3, 0.4) is 0 Å². The van der Waals surface area contributed by atoms with Crippen LogP contribution >= 0.6 is 15.9 Å². The second-order valence-corrected chi connectivity index (χ2v) is 6.67. The van der Waals surface area contributed by atoms with E-state index < -0.39 is 0 Å². The molecule has 2 nitrogen and oxygen atoms in total. The number of rotatable bonds is 7. The van der Waals surface area contributed by atoms with Crippen molar-refractivity contribution < 1.29 is 9.13 Å². The molecule has 21 heavy (non-hydrogen) atoms. The van der Waals surface area contributed by atoms with E-state index in [9.17, 15) is 4.39 Å². The van der Waals surface area contributed by atoms with Crippen LogP contribution in [0.5, 0.6) is 0 Å². The molecule has 0 aromatic heterocycles. The molecule has 4 heteroatoms. The minimum Gasteiger partial charge on any atom is -0.378 e. The van der Waals surface area contributed by atoms with Gasteiger partial charge in [-0.05, 0) is 68.8 Å². The van der Waals surface area contributed by atoms with Crippen LogP contribution in [0, 0.1) is 5.82 Å². The van der Waals surface area contributed by atoms with Gasteiger partial charge in [0.25, 0.3) is 0 Å². The molecule has 1 N–H and O–H groups in total. The molecule has 0 spiro atoms. The third kappa shape index (κ3) is 5.68. The van der Waals surface area contributed by atoms with Crippen LogP contribution in [-0.2, 0) is 11.2 Å². The van der Waals surface area contributed by atoms with Crippen LogP contribution in [0.2, 0.25) is 0 Å². The fraction of sp³-hybridized carbons (Fsp3) is 0.647. The van der Waals surface area contributed by atoms with Crippen molar-refractivity contribution in [3.63, 3.8) is 0 Å². The monoisotopic (exact) mass is 357 g/mol. The van der Waals surface area contributed by atoms with E-state index in [1.165, 1.54) is 18.9 Å². The highest BCUT2D eigenvalue weighted by Crippen LogP contribution is 2.23. The minimum absolute atomic E-state index is 0.170. The fourth-order valence-corrected chi connectivity index (χ4v) is 3.27. The van der Waals surface area contributed by atoms with Crippen molar-refractivity contribution >= 4 is 15.9 Å². The highest BCUT2D eigenvalue weighted by Gasteiger charge is 2.20. The van der Waals surface area contributed by atoms with Gasteiger partial charge in [-0.2, -0.15) is 0 Å². The molecule has 2 unspecified atom stereocenters. The highest BCUT2D eigenvalue weighted by molar-refractivity contribution is 9.10. The summed E-state index contributed by atoms with van der Waals surface area (Å²) in [6.07, 6.45) is 6.87. The molecule has 1 heterocycles. The van der Waals surface area contributed by atoms with Crippen LogP contribution in [0.15, 0.2) is 22.7 Å². The van der Waals surface area contributed by atoms with Gasteiger partial charge in [0.15, 0.2) is 0 Å². The van der Waals surface area contributed by atoms with Gasteiger partial charge in [-0.15, -0.1) is 0 Å². The number of hydrogen-bond acceptors (Lipinski definition) is 2. The van der Waals surface area contributed by atoms with Gasteiger partial charge in [0, 0.05) is 17.1 Å². The largest absolute Gasteiger partial charge is 0.378 e. The molecule has 1 fully saturated rings. The van der Waals surface area contributed by atoms with Gasteiger partial charge in [0.1, 0.15) is 5.82 Å². The van der Waals surface area contributed by atoms with Crippen molar-refractivity contribution in [2.75, 3.05) is 13.2 Å². The van der Waals surface area contributed by atoms with Gasteiger partial charge < -0.3 is 10.1 Å². The van der Waals surface area contributed by atoms with E-state index in [1.807, 2.05) is 0 Å². The zero-order valence-corrected chi connectivity index (χ0v) is 14.3. The van der Waals surface area contributed by atoms with E-state index >= 15 is 0 Å². The Morgan fingerprint density at radius 3 is 3.00 bits per heavy atom. The number of nitrogens with one attached hydrogen (secondary N) is 1. The lowest BCUT2D eigenvalue weighted by atomic mass is 9.96. The molecule has 0 saturated carbocycles. The van der Waals surface area contributed by atoms with Crippen LogP contribution in [0.4, 0.5) is 4.39 Å². The summed E-state index contributed by atoms with van der Waals surface area (Å²) in [7, 11) is 0. The van der Waals surface area contributed by atoms with Gasteiger partial charge >= 0.3 is 0 Å². The molecule has 1 aromatic carbocycles. The van der Waals surface area contributed by atoms with Gasteiger partial charge in [-0.3, -0.25) is 0 Å². The molecule has 0 radical (unpaired) electrons. The lowest BCUT2D eigenvalue weighted by Gasteiger charge is -2.28. The molecule has 2 atom stereocenters. The van der Waals surface area contributed by atoms with Gasteiger partial charge in [-0.25, -0.2) is 4.39 Å². The van der Waals surface area contributed by atoms with Gasteiger partial charge in [0.2, 0.25) is 0 Å². The van der Waals surface area contributed by atoms with Crippen LogP contribution < -0.4 is 5.32 Å². The maximum Gasteiger partial charge on any atom is 0.123 e. The van der Waals surface area contributed by atoms with Gasteiger partial charge in [-0.1, -0.05) is 22.9 Å². The quantitative estimate of drug-likeness (QED) is 0.777. The maximum absolute atomic E-state index is 13.4. The summed E-state index contributed by atoms with van der Waals surface area (Å²) in [6, 6.07) is 5.25. The Morgan fingerprint density at radius 1 is 1.43 bits per heavy atom. The van der Waals surface area contributed by atoms with Crippen molar-refractivity contribution in [3.05, 3.63) is 34.1 Å². The zero-order chi connectivity index (χ0) is 15.1. The third-order valence-corrected chi connectivity index (χ3v) is 4.75. The Morgan fingerprint density at radius 2 is 2.29 bits per heavy atom. The average Bonchev–Trinajstić information content (AvgIpc) is 2.49. The van der Waals surface area contributed by atoms with Crippen LogP contribution in [-0.4, -0.2) is 25.3 Å². The molecule has 118 valence electrons. The molecule has 2 rings (SSSR count). The first-order chi connectivity index (χ1) is 10.2. The average molecular weight is 358 g/mol. The molecule has 0 amide bonds. The first kappa shape index (κ1) is 16.9. The van der Waals surface area contributed by atoms with Crippen molar-refractivity contribution in [3.8, 4) is 0 Å². The summed E-state index contributed by atoms with van der Waals surface area (Å²) in [5, 5.41) is 3.59. The van der Waals surface area contributed by atoms with E-state index in [1.54, 1.807) is 12.1 Å². The molecule has 0 bridgehead atoms. The Balaban J connectivity index is 1.98. The predicted molar refractivity (Wildman–Crippen MR) is 88.1 cm³/mol. The first-order valence-electron chi connectivity index (χ1n) is 7.98. The molecule has 1 aliphatic heterocycles. The number of benzene rings is 1. The lowest BCUT2D eigenvalue weighted by Crippen LogP contribution is -2.37. The number of hydrogen-bond donors (Lipinski definition) is 1. The Kier molecular flexibility index (Phi) is 7.14. The van der Waals surface area contributed by atoms with E-state index in [0.29, 0.717) is 12.1 Å². The summed E-state index contributed by atoms with van der Waals surface area (Å²) in [5.41, 5.74) is 1.03. The van der Waals surface area contributed by atoms with E-state index in [2.05, 4.69) is 28.2 Å². The summed E-state index contributed by atoms with van der Waals surface area (Å²) >= 11 is 3.53. The normalized spacial score (nSPS) is 20.4. The topological polar surface area (TPSA) is 21.3 Å². The third-order valence-electron chi connectivity index (χ3n) is 3.98. The fourth-order valence-electron chi connectivity index (χ4n) is 2.86. The highest BCUT2D eigenvalue weighted by atomic mass is 79.9. The Hall–Kier alpha value is -0.450. The van der Waals surface area contributed by atoms with E-state index in [-0.39, 0.29) is 5.82 Å². The number of halogens is 2. The Bertz CT molecular complexity index is 435. The summed E-state index contributed by atoms with van der Waals surface area (Å²) in [5.74, 6) is -0.170. The molecule has 0 aliphatic carbocycles. The first-order valence-corrected chi connectivity index (χ1v) is 8.77. The van der Waals surface area contributed by atoms with Gasteiger partial charge in [0.05, 0.1) is 6.10 Å². The second-order valence-electron chi connectivity index (χ2n) is 5.82. The SMILES string of the molecule is CCCNC(Cc1cc(F)ccc1Br)CC1CCCCO1. The molecule has 1 saturated heterocycles. The Labute approximate surface area is 135 Å². The maximum atomic E-state index is 13.4. The van der Waals surface area contributed by atoms with E-state index in [4.69, 9.17) is 4.74 Å². The zero-order valence-electron chi connectivity index (χ0n) is 12.7. The smallest absolute Gasteiger partial charge is 0.123 e. The number of ether oxygens (including phenoxy) is 1. The van der Waals surface area contributed by atoms with Crippen molar-refractivity contribution in [2.24, 2.45) is 0 Å². The standard InChI is InChI=1S/C17H25BrFNO/c1-2-8-20-15(12-16-5-3-4-9-21-16)11-13-10-14(19)6-7-17(13)18/h6-7,10,15-16,20H,2-5,8-9,11-12H2,1H3. The van der Waals surface area contributed by atoms with Crippen molar-refractivity contribution in [2.45, 2.75) is 57.6 Å². The van der Waals surface area contributed by atoms with Crippen molar-refractivity contribution in [1.29, 1.82) is 0 Å². The molecular formula is C17H25BrFNO. The van der Waals surface area contributed by atoms with E-state index in [0.717, 1.165) is 48.9 Å². The van der Waals surface area contributed by atoms with Crippen LogP contribution in [0.25, 0.3) is 0 Å².